The number of hydrogen-bond donors (Lipinski definition) is 3. The van der Waals surface area contributed by atoms with Crippen LogP contribution in [-0.4, -0.2) is 58.3 Å². The Bertz CT molecular complexity index is 898. The van der Waals surface area contributed by atoms with E-state index in [0.29, 0.717) is 25.5 Å². The van der Waals surface area contributed by atoms with Crippen molar-refractivity contribution in [3.8, 4) is 11.1 Å². The minimum Gasteiger partial charge on any atom is -0.394 e. The molecule has 0 spiro atoms. The van der Waals surface area contributed by atoms with Crippen LogP contribution in [0.15, 0.2) is 52.9 Å². The molecular formula is C20H26N6O2. The fourth-order valence-corrected chi connectivity index (χ4v) is 3.22. The Kier molecular flexibility index (Phi) is 6.10. The van der Waals surface area contributed by atoms with E-state index in [2.05, 4.69) is 15.4 Å². The van der Waals surface area contributed by atoms with Crippen LogP contribution in [0.1, 0.15) is 13.3 Å². The van der Waals surface area contributed by atoms with Gasteiger partial charge in [-0.25, -0.2) is 4.99 Å². The van der Waals surface area contributed by atoms with Crippen molar-refractivity contribution in [1.29, 1.82) is 0 Å². The molecule has 0 saturated heterocycles. The van der Waals surface area contributed by atoms with Gasteiger partial charge in [-0.15, -0.1) is 0 Å². The molecule has 28 heavy (non-hydrogen) atoms. The highest BCUT2D eigenvalue weighted by atomic mass is 16.3. The summed E-state index contributed by atoms with van der Waals surface area (Å²) in [5, 5.41) is 16.4. The second-order valence-corrected chi connectivity index (χ2v) is 6.66. The van der Waals surface area contributed by atoms with Gasteiger partial charge in [0.25, 0.3) is 0 Å². The topological polar surface area (TPSA) is 109 Å². The molecule has 0 unspecified atom stereocenters. The van der Waals surface area contributed by atoms with Gasteiger partial charge in [0.15, 0.2) is 0 Å². The number of rotatable bonds is 6. The van der Waals surface area contributed by atoms with Crippen molar-refractivity contribution in [2.75, 3.05) is 26.7 Å². The SMILES string of the molecule is CNC1=C(C(N)=Nc2ccc(-c3cnn(CCO)c3)cc2)CN(C(C)=O)CC1. The molecule has 0 bridgehead atoms. The van der Waals surface area contributed by atoms with Crippen LogP contribution in [0.4, 0.5) is 5.69 Å². The quantitative estimate of drug-likeness (QED) is 0.515. The summed E-state index contributed by atoms with van der Waals surface area (Å²) in [5.74, 6) is 0.449. The molecule has 3 rings (SSSR count). The molecule has 8 heteroatoms. The lowest BCUT2D eigenvalue weighted by Gasteiger charge is -2.29. The fourth-order valence-electron chi connectivity index (χ4n) is 3.22. The second kappa shape index (κ2) is 8.71. The zero-order valence-corrected chi connectivity index (χ0v) is 16.2. The minimum absolute atomic E-state index is 0.0338. The molecule has 0 saturated carbocycles. The molecule has 0 aliphatic carbocycles. The summed E-state index contributed by atoms with van der Waals surface area (Å²) in [7, 11) is 1.86. The van der Waals surface area contributed by atoms with E-state index in [1.165, 1.54) is 0 Å². The Morgan fingerprint density at radius 3 is 2.71 bits per heavy atom. The minimum atomic E-state index is 0.0338. The molecular weight excluding hydrogens is 356 g/mol. The van der Waals surface area contributed by atoms with Gasteiger partial charge in [0, 0.05) is 50.0 Å². The first kappa shape index (κ1) is 19.6. The number of aliphatic hydroxyl groups is 1. The lowest BCUT2D eigenvalue weighted by Crippen LogP contribution is -2.40. The third-order valence-corrected chi connectivity index (χ3v) is 4.81. The third kappa shape index (κ3) is 4.40. The number of aliphatic hydroxyl groups excluding tert-OH is 1. The molecule has 1 aliphatic heterocycles. The van der Waals surface area contributed by atoms with E-state index in [1.807, 2.05) is 37.5 Å². The number of hydrogen-bond acceptors (Lipinski definition) is 5. The monoisotopic (exact) mass is 382 g/mol. The lowest BCUT2D eigenvalue weighted by atomic mass is 10.0. The zero-order chi connectivity index (χ0) is 20.1. The van der Waals surface area contributed by atoms with Gasteiger partial charge < -0.3 is 21.1 Å². The predicted octanol–water partition coefficient (Wildman–Crippen LogP) is 1.26. The van der Waals surface area contributed by atoms with Crippen molar-refractivity contribution in [2.45, 2.75) is 19.9 Å². The number of amidine groups is 1. The molecule has 0 fully saturated rings. The molecule has 0 radical (unpaired) electrons. The van der Waals surface area contributed by atoms with Crippen molar-refractivity contribution < 1.29 is 9.90 Å². The van der Waals surface area contributed by atoms with E-state index in [4.69, 9.17) is 10.8 Å². The standard InChI is InChI=1S/C20H26N6O2/c1-14(28)25-8-7-19(22-2)18(13-25)20(21)24-17-5-3-15(4-6-17)16-11-23-26(12-16)9-10-27/h3-6,11-12,22,27H,7-10,13H2,1-2H3,(H2,21,24). The van der Waals surface area contributed by atoms with Crippen LogP contribution in [0.25, 0.3) is 11.1 Å². The number of benzene rings is 1. The normalized spacial score (nSPS) is 15.1. The van der Waals surface area contributed by atoms with E-state index in [0.717, 1.165) is 34.5 Å². The Hall–Kier alpha value is -3.13. The average molecular weight is 382 g/mol. The summed E-state index contributed by atoms with van der Waals surface area (Å²) in [6, 6.07) is 7.72. The first-order valence-corrected chi connectivity index (χ1v) is 9.25. The van der Waals surface area contributed by atoms with Crippen LogP contribution in [0, 0.1) is 0 Å². The van der Waals surface area contributed by atoms with Crippen molar-refractivity contribution in [1.82, 2.24) is 20.0 Å². The summed E-state index contributed by atoms with van der Waals surface area (Å²) >= 11 is 0. The van der Waals surface area contributed by atoms with Gasteiger partial charge in [0.05, 0.1) is 31.6 Å². The third-order valence-electron chi connectivity index (χ3n) is 4.81. The molecule has 0 atom stereocenters. The van der Waals surface area contributed by atoms with E-state index >= 15 is 0 Å². The number of carbonyl (C=O) groups is 1. The molecule has 1 aromatic carbocycles. The van der Waals surface area contributed by atoms with Gasteiger partial charge in [-0.1, -0.05) is 12.1 Å². The Labute approximate surface area is 164 Å². The number of amides is 1. The molecule has 1 aliphatic rings. The van der Waals surface area contributed by atoms with E-state index in [-0.39, 0.29) is 12.5 Å². The van der Waals surface area contributed by atoms with Crippen LogP contribution in [-0.2, 0) is 11.3 Å². The van der Waals surface area contributed by atoms with Gasteiger partial charge in [0.2, 0.25) is 5.91 Å². The van der Waals surface area contributed by atoms with Crippen molar-refractivity contribution >= 4 is 17.4 Å². The van der Waals surface area contributed by atoms with Crippen LogP contribution in [0.3, 0.4) is 0 Å². The largest absolute Gasteiger partial charge is 0.394 e. The number of nitrogens with zero attached hydrogens (tertiary/aromatic N) is 4. The maximum Gasteiger partial charge on any atom is 0.219 e. The van der Waals surface area contributed by atoms with E-state index < -0.39 is 0 Å². The highest BCUT2D eigenvalue weighted by molar-refractivity contribution is 6.00. The van der Waals surface area contributed by atoms with Crippen LogP contribution in [0.2, 0.25) is 0 Å². The van der Waals surface area contributed by atoms with Gasteiger partial charge in [0.1, 0.15) is 5.84 Å². The Morgan fingerprint density at radius 1 is 1.32 bits per heavy atom. The number of carbonyl (C=O) groups excluding carboxylic acids is 1. The summed E-state index contributed by atoms with van der Waals surface area (Å²) in [6.07, 6.45) is 4.40. The van der Waals surface area contributed by atoms with Crippen molar-refractivity contribution in [2.24, 2.45) is 10.7 Å². The van der Waals surface area contributed by atoms with Gasteiger partial charge in [-0.2, -0.15) is 5.10 Å². The predicted molar refractivity (Wildman–Crippen MR) is 109 cm³/mol. The van der Waals surface area contributed by atoms with Crippen LogP contribution in [0.5, 0.6) is 0 Å². The van der Waals surface area contributed by atoms with Crippen molar-refractivity contribution in [3.05, 3.63) is 47.9 Å². The smallest absolute Gasteiger partial charge is 0.219 e. The summed E-state index contributed by atoms with van der Waals surface area (Å²) < 4.78 is 1.70. The first-order chi connectivity index (χ1) is 13.5. The molecule has 148 valence electrons. The molecule has 2 aromatic rings. The van der Waals surface area contributed by atoms with Gasteiger partial charge in [-0.05, 0) is 17.7 Å². The molecule has 2 heterocycles. The lowest BCUT2D eigenvalue weighted by molar-refractivity contribution is -0.128. The van der Waals surface area contributed by atoms with E-state index in [9.17, 15) is 4.79 Å². The van der Waals surface area contributed by atoms with Gasteiger partial charge >= 0.3 is 0 Å². The molecule has 8 nitrogen and oxygen atoms in total. The second-order valence-electron chi connectivity index (χ2n) is 6.66. The Morgan fingerprint density at radius 2 is 2.07 bits per heavy atom. The number of nitrogens with two attached hydrogens (primary N) is 1. The maximum atomic E-state index is 11.7. The molecule has 1 aromatic heterocycles. The van der Waals surface area contributed by atoms with Crippen LogP contribution >= 0.6 is 0 Å². The fraction of sp³-hybridized carbons (Fsp3) is 0.350. The zero-order valence-electron chi connectivity index (χ0n) is 16.2. The molecule has 1 amide bonds. The summed E-state index contributed by atoms with van der Waals surface area (Å²) in [6.45, 7) is 3.24. The number of nitrogens with one attached hydrogen (secondary N) is 1. The van der Waals surface area contributed by atoms with Crippen molar-refractivity contribution in [3.63, 3.8) is 0 Å². The highest BCUT2D eigenvalue weighted by Crippen LogP contribution is 2.23. The van der Waals surface area contributed by atoms with E-state index in [1.54, 1.807) is 22.7 Å². The first-order valence-electron chi connectivity index (χ1n) is 9.25. The van der Waals surface area contributed by atoms with Crippen LogP contribution < -0.4 is 11.1 Å². The Balaban J connectivity index is 1.80. The summed E-state index contributed by atoms with van der Waals surface area (Å²) in [5.41, 5.74) is 10.9. The average Bonchev–Trinajstić information content (AvgIpc) is 3.17. The number of aromatic nitrogens is 2. The maximum absolute atomic E-state index is 11.7. The van der Waals surface area contributed by atoms with Gasteiger partial charge in [-0.3, -0.25) is 9.48 Å². The molecule has 4 N–H and O–H groups in total. The highest BCUT2D eigenvalue weighted by Gasteiger charge is 2.22. The number of aliphatic imine (C=N–C) groups is 1. The summed E-state index contributed by atoms with van der Waals surface area (Å²) in [4.78, 5) is 18.0.